The zero-order valence-electron chi connectivity index (χ0n) is 13.9. The van der Waals surface area contributed by atoms with Crippen molar-refractivity contribution in [2.24, 2.45) is 4.99 Å². The lowest BCUT2D eigenvalue weighted by Gasteiger charge is -2.26. The number of β-amino-alcohol motifs (C(OH)–C–C–N with tert-alkyl or cyclic N) is 1. The van der Waals surface area contributed by atoms with Crippen molar-refractivity contribution in [3.8, 4) is 0 Å². The van der Waals surface area contributed by atoms with Gasteiger partial charge in [-0.3, -0.25) is 4.99 Å². The average molecular weight is 358 g/mol. The Balaban J connectivity index is 2.14. The van der Waals surface area contributed by atoms with E-state index in [-0.39, 0.29) is 11.5 Å². The number of hydrogen-bond donors (Lipinski definition) is 2. The first-order chi connectivity index (χ1) is 10.8. The number of nitrogens with one attached hydrogen (secondary N) is 1. The summed E-state index contributed by atoms with van der Waals surface area (Å²) in [5.41, 5.74) is 0.945. The van der Waals surface area contributed by atoms with Crippen molar-refractivity contribution in [1.82, 2.24) is 10.2 Å². The highest BCUT2D eigenvalue weighted by Gasteiger charge is 2.25. The minimum atomic E-state index is -0.262. The normalized spacial score (nSPS) is 19.3. The van der Waals surface area contributed by atoms with Crippen LogP contribution >= 0.6 is 23.2 Å². The third-order valence-corrected chi connectivity index (χ3v) is 4.86. The van der Waals surface area contributed by atoms with Gasteiger partial charge in [0.15, 0.2) is 5.96 Å². The van der Waals surface area contributed by atoms with Gasteiger partial charge in [0.25, 0.3) is 0 Å². The Hall–Kier alpha value is -0.970. The van der Waals surface area contributed by atoms with E-state index in [9.17, 15) is 5.11 Å². The van der Waals surface area contributed by atoms with Crippen molar-refractivity contribution in [3.63, 3.8) is 0 Å². The summed E-state index contributed by atoms with van der Waals surface area (Å²) >= 11 is 12.1. The maximum Gasteiger partial charge on any atom is 0.194 e. The fourth-order valence-corrected chi connectivity index (χ4v) is 2.94. The molecule has 1 aliphatic rings. The summed E-state index contributed by atoms with van der Waals surface area (Å²) in [5, 5.41) is 14.2. The van der Waals surface area contributed by atoms with Crippen LogP contribution in [0.25, 0.3) is 0 Å². The van der Waals surface area contributed by atoms with Crippen LogP contribution in [0.2, 0.25) is 10.0 Å². The molecule has 0 unspecified atom stereocenters. The van der Waals surface area contributed by atoms with Gasteiger partial charge in [-0.2, -0.15) is 0 Å². The molecule has 0 bridgehead atoms. The summed E-state index contributed by atoms with van der Waals surface area (Å²) < 4.78 is 0. The molecule has 0 saturated carbocycles. The third-order valence-electron chi connectivity index (χ3n) is 4.12. The predicted molar refractivity (Wildman–Crippen MR) is 97.7 cm³/mol. The summed E-state index contributed by atoms with van der Waals surface area (Å²) in [7, 11) is 0. The number of nitrogens with zero attached hydrogens (tertiary/aromatic N) is 2. The standard InChI is InChI=1S/C17H25Cl2N3O/c1-4-20-16(22-8-7-13(23)10-22)21-11-17(2,3)12-5-6-14(18)15(19)9-12/h5-6,9,13,23H,4,7-8,10-11H2,1-3H3,(H,20,21)/t13-/m1/s1. The number of benzene rings is 1. The number of guanidine groups is 1. The zero-order valence-corrected chi connectivity index (χ0v) is 15.5. The third kappa shape index (κ3) is 4.75. The average Bonchev–Trinajstić information content (AvgIpc) is 2.92. The van der Waals surface area contributed by atoms with E-state index in [0.29, 0.717) is 23.1 Å². The number of hydrogen-bond acceptors (Lipinski definition) is 2. The summed E-state index contributed by atoms with van der Waals surface area (Å²) in [6.45, 7) is 9.22. The molecule has 0 aromatic heterocycles. The van der Waals surface area contributed by atoms with E-state index in [2.05, 4.69) is 24.1 Å². The van der Waals surface area contributed by atoms with E-state index in [1.807, 2.05) is 25.1 Å². The van der Waals surface area contributed by atoms with Gasteiger partial charge < -0.3 is 15.3 Å². The van der Waals surface area contributed by atoms with E-state index in [4.69, 9.17) is 28.2 Å². The Morgan fingerprint density at radius 3 is 2.70 bits per heavy atom. The molecule has 128 valence electrons. The number of aliphatic hydroxyl groups excluding tert-OH is 1. The van der Waals surface area contributed by atoms with E-state index in [1.54, 1.807) is 0 Å². The lowest BCUT2D eigenvalue weighted by atomic mass is 9.85. The van der Waals surface area contributed by atoms with Crippen molar-refractivity contribution in [1.29, 1.82) is 0 Å². The predicted octanol–water partition coefficient (Wildman–Crippen LogP) is 3.30. The van der Waals surface area contributed by atoms with E-state index in [1.165, 1.54) is 0 Å². The van der Waals surface area contributed by atoms with Gasteiger partial charge >= 0.3 is 0 Å². The number of halogens is 2. The number of likely N-dealkylation sites (tertiary alicyclic amines) is 1. The first-order valence-corrected chi connectivity index (χ1v) is 8.76. The molecule has 0 radical (unpaired) electrons. The highest BCUT2D eigenvalue weighted by molar-refractivity contribution is 6.42. The number of aliphatic imine (C=N–C) groups is 1. The fourth-order valence-electron chi connectivity index (χ4n) is 2.64. The molecule has 2 rings (SSSR count). The second-order valence-corrected chi connectivity index (χ2v) is 7.39. The van der Waals surface area contributed by atoms with Crippen LogP contribution in [0.15, 0.2) is 23.2 Å². The largest absolute Gasteiger partial charge is 0.391 e. The van der Waals surface area contributed by atoms with Gasteiger partial charge in [-0.15, -0.1) is 0 Å². The Labute approximate surface area is 148 Å². The van der Waals surface area contributed by atoms with Crippen molar-refractivity contribution in [3.05, 3.63) is 33.8 Å². The van der Waals surface area contributed by atoms with Gasteiger partial charge in [0.05, 0.1) is 22.7 Å². The summed E-state index contributed by atoms with van der Waals surface area (Å²) in [6.07, 6.45) is 0.530. The van der Waals surface area contributed by atoms with E-state index in [0.717, 1.165) is 31.0 Å². The molecule has 1 atom stereocenters. The van der Waals surface area contributed by atoms with Gasteiger partial charge in [0.1, 0.15) is 0 Å². The second-order valence-electron chi connectivity index (χ2n) is 6.57. The smallest absolute Gasteiger partial charge is 0.194 e. The minimum Gasteiger partial charge on any atom is -0.391 e. The molecule has 0 spiro atoms. The van der Waals surface area contributed by atoms with Crippen LogP contribution < -0.4 is 5.32 Å². The maximum atomic E-state index is 9.73. The molecular weight excluding hydrogens is 333 g/mol. The van der Waals surface area contributed by atoms with Gasteiger partial charge in [0.2, 0.25) is 0 Å². The summed E-state index contributed by atoms with van der Waals surface area (Å²) in [4.78, 5) is 6.88. The molecule has 1 saturated heterocycles. The van der Waals surface area contributed by atoms with Crippen LogP contribution in [-0.2, 0) is 5.41 Å². The minimum absolute atomic E-state index is 0.159. The summed E-state index contributed by atoms with van der Waals surface area (Å²) in [5.74, 6) is 0.859. The van der Waals surface area contributed by atoms with Gasteiger partial charge in [-0.05, 0) is 31.0 Å². The van der Waals surface area contributed by atoms with Gasteiger partial charge in [-0.1, -0.05) is 43.1 Å². The molecule has 1 aromatic rings. The first kappa shape index (κ1) is 18.4. The van der Waals surface area contributed by atoms with Crippen LogP contribution in [-0.4, -0.2) is 48.2 Å². The van der Waals surface area contributed by atoms with Crippen LogP contribution in [0.4, 0.5) is 0 Å². The Morgan fingerprint density at radius 1 is 1.39 bits per heavy atom. The molecule has 1 aromatic carbocycles. The monoisotopic (exact) mass is 357 g/mol. The molecule has 2 N–H and O–H groups in total. The maximum absolute atomic E-state index is 9.73. The highest BCUT2D eigenvalue weighted by Crippen LogP contribution is 2.30. The topological polar surface area (TPSA) is 47.9 Å². The Morgan fingerprint density at radius 2 is 2.13 bits per heavy atom. The van der Waals surface area contributed by atoms with Crippen molar-refractivity contribution >= 4 is 29.2 Å². The van der Waals surface area contributed by atoms with Crippen LogP contribution in [0.3, 0.4) is 0 Å². The fraction of sp³-hybridized carbons (Fsp3) is 0.588. The SMILES string of the molecule is CCNC(=NCC(C)(C)c1ccc(Cl)c(Cl)c1)N1CC[C@@H](O)C1. The molecule has 1 heterocycles. The molecule has 23 heavy (non-hydrogen) atoms. The molecule has 1 aliphatic heterocycles. The summed E-state index contributed by atoms with van der Waals surface area (Å²) in [6, 6.07) is 5.73. The number of rotatable bonds is 4. The van der Waals surface area contributed by atoms with E-state index < -0.39 is 0 Å². The Kier molecular flexibility index (Phi) is 6.18. The van der Waals surface area contributed by atoms with Crippen LogP contribution in [0.1, 0.15) is 32.8 Å². The van der Waals surface area contributed by atoms with Gasteiger partial charge in [-0.25, -0.2) is 0 Å². The molecule has 6 heteroatoms. The molecule has 0 aliphatic carbocycles. The zero-order chi connectivity index (χ0) is 17.0. The first-order valence-electron chi connectivity index (χ1n) is 8.00. The Bertz CT molecular complexity index is 575. The molecule has 4 nitrogen and oxygen atoms in total. The lowest BCUT2D eigenvalue weighted by Crippen LogP contribution is -2.41. The lowest BCUT2D eigenvalue weighted by molar-refractivity contribution is 0.187. The van der Waals surface area contributed by atoms with Crippen LogP contribution in [0, 0.1) is 0 Å². The van der Waals surface area contributed by atoms with Crippen molar-refractivity contribution in [2.75, 3.05) is 26.2 Å². The van der Waals surface area contributed by atoms with Crippen molar-refractivity contribution in [2.45, 2.75) is 38.7 Å². The number of aliphatic hydroxyl groups is 1. The molecular formula is C17H25Cl2N3O. The quantitative estimate of drug-likeness (QED) is 0.641. The van der Waals surface area contributed by atoms with E-state index >= 15 is 0 Å². The highest BCUT2D eigenvalue weighted by atomic mass is 35.5. The molecule has 1 fully saturated rings. The van der Waals surface area contributed by atoms with Gasteiger partial charge in [0, 0.05) is 25.0 Å². The molecule has 0 amide bonds. The van der Waals surface area contributed by atoms with Crippen LogP contribution in [0.5, 0.6) is 0 Å². The second kappa shape index (κ2) is 7.73. The van der Waals surface area contributed by atoms with Crippen molar-refractivity contribution < 1.29 is 5.11 Å².